The van der Waals surface area contributed by atoms with Gasteiger partial charge in [-0.15, -0.1) is 0 Å². The van der Waals surface area contributed by atoms with Gasteiger partial charge >= 0.3 is 0 Å². The lowest BCUT2D eigenvalue weighted by molar-refractivity contribution is 0.986. The Morgan fingerprint density at radius 3 is 2.15 bits per heavy atom. The standard InChI is InChI=1S/C29H20ClN3/c30-29-32-27(31-28(33-29)26-16-12-20-6-2-4-8-24(20)18-26)22-13-9-21(10-14-22)25-15-11-19-5-1-3-7-23(19)17-25/h2-4,6-18H,1,5H2. The van der Waals surface area contributed by atoms with Gasteiger partial charge in [0.25, 0.3) is 0 Å². The van der Waals surface area contributed by atoms with Crippen LogP contribution in [-0.4, -0.2) is 15.0 Å². The molecule has 6 rings (SSSR count). The number of fused-ring (bicyclic) bond motifs is 2. The maximum atomic E-state index is 6.29. The average molecular weight is 446 g/mol. The van der Waals surface area contributed by atoms with E-state index in [0.717, 1.165) is 34.9 Å². The monoisotopic (exact) mass is 445 g/mol. The van der Waals surface area contributed by atoms with E-state index in [9.17, 15) is 0 Å². The van der Waals surface area contributed by atoms with E-state index in [4.69, 9.17) is 16.6 Å². The van der Waals surface area contributed by atoms with Crippen LogP contribution in [0.2, 0.25) is 5.28 Å². The molecule has 0 bridgehead atoms. The SMILES string of the molecule is Clc1nc(-c2ccc(-c3ccc4c(c3)C=CCC4)cc2)nc(-c2ccc3ccccc3c2)n1. The zero-order chi connectivity index (χ0) is 22.2. The van der Waals surface area contributed by atoms with Crippen molar-refractivity contribution in [2.75, 3.05) is 0 Å². The highest BCUT2D eigenvalue weighted by Gasteiger charge is 2.11. The van der Waals surface area contributed by atoms with Gasteiger partial charge in [-0.2, -0.15) is 9.97 Å². The zero-order valence-electron chi connectivity index (χ0n) is 17.9. The molecule has 0 unspecified atom stereocenters. The summed E-state index contributed by atoms with van der Waals surface area (Å²) in [7, 11) is 0. The van der Waals surface area contributed by atoms with Crippen molar-refractivity contribution in [2.45, 2.75) is 12.8 Å². The van der Waals surface area contributed by atoms with Gasteiger partial charge < -0.3 is 0 Å². The molecular formula is C29H20ClN3. The highest BCUT2D eigenvalue weighted by molar-refractivity contribution is 6.28. The topological polar surface area (TPSA) is 38.7 Å². The normalized spacial score (nSPS) is 12.6. The Morgan fingerprint density at radius 2 is 1.30 bits per heavy atom. The van der Waals surface area contributed by atoms with E-state index in [-0.39, 0.29) is 5.28 Å². The molecule has 0 spiro atoms. The second-order valence-electron chi connectivity index (χ2n) is 8.25. The van der Waals surface area contributed by atoms with Crippen molar-refractivity contribution in [2.24, 2.45) is 0 Å². The van der Waals surface area contributed by atoms with Gasteiger partial charge in [0.05, 0.1) is 0 Å². The number of allylic oxidation sites excluding steroid dienone is 1. The van der Waals surface area contributed by atoms with Crippen molar-refractivity contribution in [3.63, 3.8) is 0 Å². The number of benzene rings is 4. The molecule has 1 aromatic heterocycles. The maximum Gasteiger partial charge on any atom is 0.226 e. The van der Waals surface area contributed by atoms with Crippen molar-refractivity contribution in [3.05, 3.63) is 107 Å². The minimum atomic E-state index is 0.189. The van der Waals surface area contributed by atoms with Gasteiger partial charge in [-0.25, -0.2) is 4.98 Å². The Kier molecular flexibility index (Phi) is 4.97. The Hall–Kier alpha value is -3.82. The average Bonchev–Trinajstić information content (AvgIpc) is 2.88. The number of halogens is 1. The number of aromatic nitrogens is 3. The lowest BCUT2D eigenvalue weighted by Gasteiger charge is -2.12. The smallest absolute Gasteiger partial charge is 0.208 e. The predicted octanol–water partition coefficient (Wildman–Crippen LogP) is 7.64. The minimum Gasteiger partial charge on any atom is -0.208 e. The summed E-state index contributed by atoms with van der Waals surface area (Å²) in [5.74, 6) is 1.14. The van der Waals surface area contributed by atoms with Crippen LogP contribution in [0.1, 0.15) is 17.5 Å². The van der Waals surface area contributed by atoms with E-state index in [0.29, 0.717) is 11.6 Å². The van der Waals surface area contributed by atoms with E-state index in [1.807, 2.05) is 30.3 Å². The van der Waals surface area contributed by atoms with Crippen molar-refractivity contribution < 1.29 is 0 Å². The van der Waals surface area contributed by atoms with Crippen LogP contribution in [0.5, 0.6) is 0 Å². The first kappa shape index (κ1) is 19.8. The Balaban J connectivity index is 1.34. The minimum absolute atomic E-state index is 0.189. The molecule has 4 heteroatoms. The summed E-state index contributed by atoms with van der Waals surface area (Å²) in [5, 5.41) is 2.50. The number of hydrogen-bond donors (Lipinski definition) is 0. The van der Waals surface area contributed by atoms with Gasteiger partial charge in [-0.05, 0) is 69.6 Å². The van der Waals surface area contributed by atoms with Crippen LogP contribution in [0.4, 0.5) is 0 Å². The highest BCUT2D eigenvalue weighted by Crippen LogP contribution is 2.29. The van der Waals surface area contributed by atoms with Crippen molar-refractivity contribution in [3.8, 4) is 33.9 Å². The van der Waals surface area contributed by atoms with Gasteiger partial charge in [0.2, 0.25) is 5.28 Å². The van der Waals surface area contributed by atoms with Crippen molar-refractivity contribution in [1.82, 2.24) is 15.0 Å². The number of rotatable bonds is 3. The number of nitrogens with zero attached hydrogens (tertiary/aromatic N) is 3. The molecule has 1 aliphatic carbocycles. The summed E-state index contributed by atoms with van der Waals surface area (Å²) >= 11 is 6.29. The molecule has 3 nitrogen and oxygen atoms in total. The molecule has 0 amide bonds. The molecular weight excluding hydrogens is 426 g/mol. The Morgan fingerprint density at radius 1 is 0.606 bits per heavy atom. The van der Waals surface area contributed by atoms with Gasteiger partial charge in [0, 0.05) is 11.1 Å². The first-order valence-electron chi connectivity index (χ1n) is 11.0. The molecule has 33 heavy (non-hydrogen) atoms. The predicted molar refractivity (Wildman–Crippen MR) is 136 cm³/mol. The van der Waals surface area contributed by atoms with E-state index < -0.39 is 0 Å². The second-order valence-corrected chi connectivity index (χ2v) is 8.58. The van der Waals surface area contributed by atoms with Crippen molar-refractivity contribution >= 4 is 28.4 Å². The fraction of sp³-hybridized carbons (Fsp3) is 0.0690. The molecule has 0 atom stereocenters. The van der Waals surface area contributed by atoms with Crippen LogP contribution >= 0.6 is 11.6 Å². The fourth-order valence-electron chi connectivity index (χ4n) is 4.35. The quantitative estimate of drug-likeness (QED) is 0.286. The summed E-state index contributed by atoms with van der Waals surface area (Å²) in [6, 6.07) is 29.4. The molecule has 0 fully saturated rings. The third-order valence-corrected chi connectivity index (χ3v) is 6.28. The van der Waals surface area contributed by atoms with Crippen LogP contribution in [0.3, 0.4) is 0 Å². The van der Waals surface area contributed by atoms with Crippen molar-refractivity contribution in [1.29, 1.82) is 0 Å². The third-order valence-electron chi connectivity index (χ3n) is 6.12. The van der Waals surface area contributed by atoms with Crippen LogP contribution in [-0.2, 0) is 6.42 Å². The summed E-state index contributed by atoms with van der Waals surface area (Å²) in [6.45, 7) is 0. The summed E-state index contributed by atoms with van der Waals surface area (Å²) < 4.78 is 0. The number of aryl methyl sites for hydroxylation is 1. The van der Waals surface area contributed by atoms with E-state index in [1.54, 1.807) is 0 Å². The maximum absolute atomic E-state index is 6.29. The van der Waals surface area contributed by atoms with Gasteiger partial charge in [-0.1, -0.05) is 84.9 Å². The molecule has 4 aromatic carbocycles. The number of hydrogen-bond acceptors (Lipinski definition) is 3. The fourth-order valence-corrected chi connectivity index (χ4v) is 4.52. The Labute approximate surface area is 197 Å². The van der Waals surface area contributed by atoms with Gasteiger partial charge in [0.1, 0.15) is 0 Å². The van der Waals surface area contributed by atoms with E-state index in [2.05, 4.69) is 76.7 Å². The molecule has 0 aliphatic heterocycles. The molecule has 5 aromatic rings. The summed E-state index contributed by atoms with van der Waals surface area (Å²) in [6.07, 6.45) is 6.70. The third kappa shape index (κ3) is 3.92. The lowest BCUT2D eigenvalue weighted by atomic mass is 9.93. The van der Waals surface area contributed by atoms with E-state index >= 15 is 0 Å². The molecule has 1 aliphatic rings. The zero-order valence-corrected chi connectivity index (χ0v) is 18.6. The van der Waals surface area contributed by atoms with Crippen LogP contribution in [0.25, 0.3) is 50.8 Å². The largest absolute Gasteiger partial charge is 0.226 e. The molecule has 0 radical (unpaired) electrons. The molecule has 0 N–H and O–H groups in total. The lowest BCUT2D eigenvalue weighted by Crippen LogP contribution is -1.97. The molecule has 158 valence electrons. The van der Waals surface area contributed by atoms with E-state index in [1.165, 1.54) is 22.1 Å². The molecule has 0 saturated carbocycles. The molecule has 1 heterocycles. The van der Waals surface area contributed by atoms with Crippen LogP contribution in [0, 0.1) is 0 Å². The van der Waals surface area contributed by atoms with Gasteiger partial charge in [-0.3, -0.25) is 0 Å². The van der Waals surface area contributed by atoms with Crippen LogP contribution in [0.15, 0.2) is 91.0 Å². The highest BCUT2D eigenvalue weighted by atomic mass is 35.5. The Bertz CT molecular complexity index is 1520. The second kappa shape index (κ2) is 8.27. The van der Waals surface area contributed by atoms with Crippen LogP contribution < -0.4 is 0 Å². The first-order valence-corrected chi connectivity index (χ1v) is 11.4. The summed E-state index contributed by atoms with van der Waals surface area (Å²) in [4.78, 5) is 13.5. The first-order chi connectivity index (χ1) is 16.2. The molecule has 0 saturated heterocycles. The van der Waals surface area contributed by atoms with Gasteiger partial charge in [0.15, 0.2) is 11.6 Å². The summed E-state index contributed by atoms with van der Waals surface area (Å²) in [5.41, 5.74) is 6.92.